The van der Waals surface area contributed by atoms with Gasteiger partial charge in [-0.3, -0.25) is 0 Å². The fourth-order valence-corrected chi connectivity index (χ4v) is 2.94. The molecule has 0 saturated carbocycles. The van der Waals surface area contributed by atoms with Gasteiger partial charge in [0.15, 0.2) is 10.8 Å². The zero-order valence-electron chi connectivity index (χ0n) is 12.2. The van der Waals surface area contributed by atoms with Gasteiger partial charge in [0.1, 0.15) is 24.0 Å². The first-order chi connectivity index (χ1) is 11.7. The second kappa shape index (κ2) is 5.97. The van der Waals surface area contributed by atoms with Gasteiger partial charge in [-0.2, -0.15) is 9.61 Å². The maximum atomic E-state index is 13.4. The molecule has 8 heteroatoms. The van der Waals surface area contributed by atoms with Crippen LogP contribution in [-0.4, -0.2) is 19.8 Å². The lowest BCUT2D eigenvalue weighted by Crippen LogP contribution is -1.97. The maximum absolute atomic E-state index is 13.4. The van der Waals surface area contributed by atoms with Crippen LogP contribution in [0.2, 0.25) is 0 Å². The Hall–Kier alpha value is -2.87. The minimum atomic E-state index is -0.348. The van der Waals surface area contributed by atoms with E-state index in [0.29, 0.717) is 27.1 Å². The standard InChI is InChI=1S/C16H10F2N4OS/c17-11-4-6-13(7-5-11)23-9-14-21-22-15(19-20-16(22)24-14)10-2-1-3-12(18)8-10/h1-8H,9H2. The van der Waals surface area contributed by atoms with Crippen molar-refractivity contribution < 1.29 is 13.5 Å². The first-order valence-electron chi connectivity index (χ1n) is 7.04. The van der Waals surface area contributed by atoms with Gasteiger partial charge in [-0.25, -0.2) is 8.78 Å². The average Bonchev–Trinajstić information content (AvgIpc) is 3.14. The van der Waals surface area contributed by atoms with Crippen molar-refractivity contribution in [2.75, 3.05) is 0 Å². The van der Waals surface area contributed by atoms with Crippen molar-refractivity contribution in [2.45, 2.75) is 6.61 Å². The van der Waals surface area contributed by atoms with Gasteiger partial charge in [0.25, 0.3) is 0 Å². The summed E-state index contributed by atoms with van der Waals surface area (Å²) in [6, 6.07) is 11.9. The van der Waals surface area contributed by atoms with Gasteiger partial charge in [-0.1, -0.05) is 23.5 Å². The molecule has 0 spiro atoms. The summed E-state index contributed by atoms with van der Waals surface area (Å²) < 4.78 is 33.4. The third-order valence-electron chi connectivity index (χ3n) is 3.29. The van der Waals surface area contributed by atoms with Crippen molar-refractivity contribution in [3.05, 3.63) is 65.2 Å². The Morgan fingerprint density at radius 3 is 2.62 bits per heavy atom. The molecular formula is C16H10F2N4OS. The summed E-state index contributed by atoms with van der Waals surface area (Å²) in [5, 5.41) is 13.2. The molecule has 0 N–H and O–H groups in total. The SMILES string of the molecule is Fc1ccc(OCc2nn3c(-c4cccc(F)c4)nnc3s2)cc1. The highest BCUT2D eigenvalue weighted by Gasteiger charge is 2.14. The molecule has 2 heterocycles. The molecule has 0 aliphatic rings. The van der Waals surface area contributed by atoms with Gasteiger partial charge in [-0.15, -0.1) is 10.2 Å². The number of aromatic nitrogens is 4. The number of fused-ring (bicyclic) bond motifs is 1. The molecule has 4 aromatic rings. The fourth-order valence-electron chi connectivity index (χ4n) is 2.20. The smallest absolute Gasteiger partial charge is 0.235 e. The third-order valence-corrected chi connectivity index (χ3v) is 4.16. The van der Waals surface area contributed by atoms with Gasteiger partial charge >= 0.3 is 0 Å². The molecule has 0 aliphatic carbocycles. The molecule has 0 bridgehead atoms. The number of halogens is 2. The number of hydrogen-bond donors (Lipinski definition) is 0. The van der Waals surface area contributed by atoms with Crippen LogP contribution in [0, 0.1) is 11.6 Å². The highest BCUT2D eigenvalue weighted by atomic mass is 32.1. The molecule has 0 amide bonds. The van der Waals surface area contributed by atoms with E-state index in [9.17, 15) is 8.78 Å². The highest BCUT2D eigenvalue weighted by Crippen LogP contribution is 2.23. The zero-order chi connectivity index (χ0) is 16.5. The van der Waals surface area contributed by atoms with Crippen LogP contribution in [0.1, 0.15) is 5.01 Å². The van der Waals surface area contributed by atoms with Crippen LogP contribution < -0.4 is 4.74 Å². The Balaban J connectivity index is 1.59. The number of hydrogen-bond acceptors (Lipinski definition) is 5. The van der Waals surface area contributed by atoms with Crippen LogP contribution >= 0.6 is 11.3 Å². The van der Waals surface area contributed by atoms with Crippen LogP contribution in [-0.2, 0) is 6.61 Å². The van der Waals surface area contributed by atoms with E-state index >= 15 is 0 Å². The van der Waals surface area contributed by atoms with Gasteiger partial charge in [0.2, 0.25) is 4.96 Å². The predicted octanol–water partition coefficient (Wildman–Crippen LogP) is 3.71. The lowest BCUT2D eigenvalue weighted by Gasteiger charge is -2.02. The van der Waals surface area contributed by atoms with Crippen molar-refractivity contribution in [1.29, 1.82) is 0 Å². The summed E-state index contributed by atoms with van der Waals surface area (Å²) in [5.41, 5.74) is 0.596. The molecule has 2 aromatic heterocycles. The molecule has 0 unspecified atom stereocenters. The van der Waals surface area contributed by atoms with Gasteiger partial charge < -0.3 is 4.74 Å². The molecule has 2 aromatic carbocycles. The monoisotopic (exact) mass is 344 g/mol. The van der Waals surface area contributed by atoms with E-state index in [1.165, 1.54) is 35.6 Å². The Morgan fingerprint density at radius 2 is 1.83 bits per heavy atom. The second-order valence-corrected chi connectivity index (χ2v) is 6.01. The highest BCUT2D eigenvalue weighted by molar-refractivity contribution is 7.16. The van der Waals surface area contributed by atoms with Crippen LogP contribution in [0.15, 0.2) is 48.5 Å². The summed E-state index contributed by atoms with van der Waals surface area (Å²) >= 11 is 1.32. The topological polar surface area (TPSA) is 52.3 Å². The van der Waals surface area contributed by atoms with E-state index in [1.54, 1.807) is 28.8 Å². The van der Waals surface area contributed by atoms with Crippen LogP contribution in [0.3, 0.4) is 0 Å². The minimum absolute atomic E-state index is 0.224. The van der Waals surface area contributed by atoms with Crippen molar-refractivity contribution in [3.63, 3.8) is 0 Å². The van der Waals surface area contributed by atoms with E-state index < -0.39 is 0 Å². The summed E-state index contributed by atoms with van der Waals surface area (Å²) in [6.07, 6.45) is 0. The zero-order valence-corrected chi connectivity index (χ0v) is 13.0. The molecule has 0 aliphatic heterocycles. The molecule has 5 nitrogen and oxygen atoms in total. The van der Waals surface area contributed by atoms with Crippen molar-refractivity contribution in [2.24, 2.45) is 0 Å². The van der Waals surface area contributed by atoms with Crippen LogP contribution in [0.5, 0.6) is 5.75 Å². The summed E-state index contributed by atoms with van der Waals surface area (Å²) in [5.74, 6) is 0.349. The van der Waals surface area contributed by atoms with Gasteiger partial charge in [0.05, 0.1) is 0 Å². The molecule has 4 rings (SSSR count). The van der Waals surface area contributed by atoms with Crippen molar-refractivity contribution in [3.8, 4) is 17.1 Å². The number of ether oxygens (including phenoxy) is 1. The average molecular weight is 344 g/mol. The number of nitrogens with zero attached hydrogens (tertiary/aromatic N) is 4. The van der Waals surface area contributed by atoms with Gasteiger partial charge in [0, 0.05) is 5.56 Å². The van der Waals surface area contributed by atoms with E-state index in [2.05, 4.69) is 15.3 Å². The molecule has 0 fully saturated rings. The largest absolute Gasteiger partial charge is 0.486 e. The van der Waals surface area contributed by atoms with Crippen molar-refractivity contribution in [1.82, 2.24) is 19.8 Å². The third kappa shape index (κ3) is 2.83. The molecule has 0 atom stereocenters. The van der Waals surface area contributed by atoms with E-state index in [-0.39, 0.29) is 18.2 Å². The molecule has 0 saturated heterocycles. The molecule has 24 heavy (non-hydrogen) atoms. The maximum Gasteiger partial charge on any atom is 0.235 e. The minimum Gasteiger partial charge on any atom is -0.486 e. The van der Waals surface area contributed by atoms with E-state index in [0.717, 1.165) is 0 Å². The van der Waals surface area contributed by atoms with E-state index in [4.69, 9.17) is 4.74 Å². The summed E-state index contributed by atoms with van der Waals surface area (Å²) in [4.78, 5) is 0.590. The second-order valence-electron chi connectivity index (χ2n) is 4.97. The van der Waals surface area contributed by atoms with E-state index in [1.807, 2.05) is 0 Å². The summed E-state index contributed by atoms with van der Waals surface area (Å²) in [7, 11) is 0. The Labute approximate surface area is 139 Å². The predicted molar refractivity (Wildman–Crippen MR) is 84.8 cm³/mol. The lowest BCUT2D eigenvalue weighted by atomic mass is 10.2. The van der Waals surface area contributed by atoms with Crippen molar-refractivity contribution >= 4 is 16.3 Å². The molecular weight excluding hydrogens is 334 g/mol. The van der Waals surface area contributed by atoms with Crippen LogP contribution in [0.4, 0.5) is 8.78 Å². The lowest BCUT2D eigenvalue weighted by molar-refractivity contribution is 0.303. The number of benzene rings is 2. The van der Waals surface area contributed by atoms with Crippen LogP contribution in [0.25, 0.3) is 16.3 Å². The normalized spacial score (nSPS) is 11.1. The molecule has 120 valence electrons. The fraction of sp³-hybridized carbons (Fsp3) is 0.0625. The summed E-state index contributed by atoms with van der Waals surface area (Å²) in [6.45, 7) is 0.224. The van der Waals surface area contributed by atoms with Gasteiger partial charge in [-0.05, 0) is 36.4 Å². The first-order valence-corrected chi connectivity index (χ1v) is 7.86. The molecule has 0 radical (unpaired) electrons. The Bertz CT molecular complexity index is 997. The quantitative estimate of drug-likeness (QED) is 0.566. The number of rotatable bonds is 4. The Morgan fingerprint density at radius 1 is 1.00 bits per heavy atom. The Kier molecular flexibility index (Phi) is 3.66. The first kappa shape index (κ1) is 14.7.